The number of likely N-dealkylation sites (N-methyl/N-ethyl adjacent to an activating group) is 1. The number of aliphatic hydroxyl groups excluding tert-OH is 1. The molecule has 3 rings (SSSR count). The lowest BCUT2D eigenvalue weighted by Gasteiger charge is -2.19. The summed E-state index contributed by atoms with van der Waals surface area (Å²) in [7, 11) is 0.631. The van der Waals surface area contributed by atoms with E-state index in [1.54, 1.807) is 4.31 Å². The van der Waals surface area contributed by atoms with Crippen molar-refractivity contribution < 1.29 is 13.5 Å². The quantitative estimate of drug-likeness (QED) is 0.834. The van der Waals surface area contributed by atoms with Crippen LogP contribution < -0.4 is 0 Å². The highest BCUT2D eigenvalue weighted by atomic mass is 32.2. The van der Waals surface area contributed by atoms with Crippen LogP contribution in [0.25, 0.3) is 0 Å². The van der Waals surface area contributed by atoms with E-state index in [4.69, 9.17) is 0 Å². The Labute approximate surface area is 131 Å². The van der Waals surface area contributed by atoms with Crippen molar-refractivity contribution >= 4 is 10.0 Å². The summed E-state index contributed by atoms with van der Waals surface area (Å²) in [5.74, 6) is 0. The Balaban J connectivity index is 1.79. The number of aliphatic hydroxyl groups is 1. The first kappa shape index (κ1) is 15.9. The number of hydrogen-bond acceptors (Lipinski definition) is 5. The van der Waals surface area contributed by atoms with Crippen LogP contribution >= 0.6 is 0 Å². The Hall–Kier alpha value is -0.960. The standard InChI is InChI=1S/C14H24N4O3S/c1-16(2)10-14(19)13-8-11-9-17(6-3-7-18(11)15-13)22(20,21)12-4-5-12/h8,12,14,19H,3-7,9-10H2,1-2H3/t14-/m1/s1. The molecule has 0 bridgehead atoms. The Bertz CT molecular complexity index is 637. The topological polar surface area (TPSA) is 78.7 Å². The zero-order chi connectivity index (χ0) is 15.9. The highest BCUT2D eigenvalue weighted by Gasteiger charge is 2.40. The van der Waals surface area contributed by atoms with Crippen molar-refractivity contribution in [3.63, 3.8) is 0 Å². The van der Waals surface area contributed by atoms with Gasteiger partial charge in [-0.15, -0.1) is 0 Å². The second kappa shape index (κ2) is 5.92. The highest BCUT2D eigenvalue weighted by molar-refractivity contribution is 7.90. The number of aromatic nitrogens is 2. The van der Waals surface area contributed by atoms with Gasteiger partial charge < -0.3 is 10.0 Å². The van der Waals surface area contributed by atoms with Crippen LogP contribution in [0.3, 0.4) is 0 Å². The Morgan fingerprint density at radius 3 is 2.77 bits per heavy atom. The predicted molar refractivity (Wildman–Crippen MR) is 82.7 cm³/mol. The van der Waals surface area contributed by atoms with Crippen LogP contribution in [0.2, 0.25) is 0 Å². The molecule has 0 spiro atoms. The molecule has 124 valence electrons. The van der Waals surface area contributed by atoms with Gasteiger partial charge in [0.25, 0.3) is 0 Å². The summed E-state index contributed by atoms with van der Waals surface area (Å²) < 4.78 is 28.3. The average molecular weight is 328 g/mol. The molecule has 0 saturated heterocycles. The Morgan fingerprint density at radius 2 is 2.14 bits per heavy atom. The third kappa shape index (κ3) is 3.19. The summed E-state index contributed by atoms with van der Waals surface area (Å²) in [6.45, 7) is 2.11. The molecule has 7 nitrogen and oxygen atoms in total. The molecular weight excluding hydrogens is 304 g/mol. The van der Waals surface area contributed by atoms with Gasteiger partial charge in [0.05, 0.1) is 23.2 Å². The number of nitrogens with zero attached hydrogens (tertiary/aromatic N) is 4. The Morgan fingerprint density at radius 1 is 1.41 bits per heavy atom. The largest absolute Gasteiger partial charge is 0.385 e. The van der Waals surface area contributed by atoms with Gasteiger partial charge in [0, 0.05) is 19.6 Å². The summed E-state index contributed by atoms with van der Waals surface area (Å²) >= 11 is 0. The van der Waals surface area contributed by atoms with Crippen LogP contribution in [-0.4, -0.2) is 64.9 Å². The maximum absolute atomic E-state index is 12.4. The molecule has 0 aromatic carbocycles. The normalized spacial score (nSPS) is 21.6. The molecule has 1 aromatic rings. The lowest BCUT2D eigenvalue weighted by Crippen LogP contribution is -2.33. The van der Waals surface area contributed by atoms with Gasteiger partial charge in [0.15, 0.2) is 0 Å². The molecular formula is C14H24N4O3S. The van der Waals surface area contributed by atoms with Crippen LogP contribution in [-0.2, 0) is 23.1 Å². The lowest BCUT2D eigenvalue weighted by molar-refractivity contribution is 0.133. The molecule has 1 saturated carbocycles. The van der Waals surface area contributed by atoms with Crippen molar-refractivity contribution in [1.29, 1.82) is 0 Å². The first-order valence-corrected chi connectivity index (χ1v) is 9.26. The third-order valence-corrected chi connectivity index (χ3v) is 6.53. The molecule has 2 aliphatic rings. The first-order valence-electron chi connectivity index (χ1n) is 7.76. The van der Waals surface area contributed by atoms with Gasteiger partial charge in [-0.05, 0) is 39.4 Å². The minimum absolute atomic E-state index is 0.180. The van der Waals surface area contributed by atoms with Crippen LogP contribution in [0.15, 0.2) is 6.07 Å². The fraction of sp³-hybridized carbons (Fsp3) is 0.786. The average Bonchev–Trinajstić information content (AvgIpc) is 3.23. The van der Waals surface area contributed by atoms with Crippen LogP contribution in [0, 0.1) is 0 Å². The molecule has 2 heterocycles. The number of hydrogen-bond donors (Lipinski definition) is 1. The van der Waals surface area contributed by atoms with E-state index in [1.165, 1.54) is 0 Å². The van der Waals surface area contributed by atoms with Gasteiger partial charge in [-0.25, -0.2) is 8.42 Å². The van der Waals surface area contributed by atoms with Gasteiger partial charge in [-0.2, -0.15) is 9.40 Å². The zero-order valence-corrected chi connectivity index (χ0v) is 14.0. The van der Waals surface area contributed by atoms with Gasteiger partial charge in [-0.3, -0.25) is 4.68 Å². The zero-order valence-electron chi connectivity index (χ0n) is 13.1. The van der Waals surface area contributed by atoms with E-state index in [9.17, 15) is 13.5 Å². The monoisotopic (exact) mass is 328 g/mol. The van der Waals surface area contributed by atoms with Crippen molar-refractivity contribution in [2.45, 2.75) is 43.7 Å². The molecule has 1 fully saturated rings. The van der Waals surface area contributed by atoms with E-state index < -0.39 is 16.1 Å². The van der Waals surface area contributed by atoms with Crippen molar-refractivity contribution in [3.8, 4) is 0 Å². The summed E-state index contributed by atoms with van der Waals surface area (Å²) in [6.07, 6.45) is 1.67. The number of fused-ring (bicyclic) bond motifs is 1. The highest BCUT2D eigenvalue weighted by Crippen LogP contribution is 2.32. The minimum Gasteiger partial charge on any atom is -0.385 e. The maximum atomic E-state index is 12.4. The third-order valence-electron chi connectivity index (χ3n) is 4.18. The van der Waals surface area contributed by atoms with E-state index in [2.05, 4.69) is 5.10 Å². The number of aryl methyl sites for hydroxylation is 1. The number of sulfonamides is 1. The van der Waals surface area contributed by atoms with Crippen molar-refractivity contribution in [2.75, 3.05) is 27.2 Å². The summed E-state index contributed by atoms with van der Waals surface area (Å²) in [4.78, 5) is 1.90. The van der Waals surface area contributed by atoms with Gasteiger partial charge >= 0.3 is 0 Å². The predicted octanol–water partition coefficient (Wildman–Crippen LogP) is 0.176. The molecule has 0 amide bonds. The molecule has 1 aliphatic heterocycles. The van der Waals surface area contributed by atoms with Crippen molar-refractivity contribution in [3.05, 3.63) is 17.5 Å². The van der Waals surface area contributed by atoms with Crippen LogP contribution in [0.5, 0.6) is 0 Å². The molecule has 8 heteroatoms. The van der Waals surface area contributed by atoms with E-state index in [0.717, 1.165) is 25.0 Å². The molecule has 1 aromatic heterocycles. The van der Waals surface area contributed by atoms with Gasteiger partial charge in [0.1, 0.15) is 6.10 Å². The van der Waals surface area contributed by atoms with Gasteiger partial charge in [-0.1, -0.05) is 0 Å². The van der Waals surface area contributed by atoms with Crippen LogP contribution in [0.1, 0.15) is 36.8 Å². The second-order valence-electron chi connectivity index (χ2n) is 6.49. The summed E-state index contributed by atoms with van der Waals surface area (Å²) in [5.41, 5.74) is 1.49. The number of rotatable bonds is 5. The fourth-order valence-corrected chi connectivity index (χ4v) is 4.70. The molecule has 1 aliphatic carbocycles. The second-order valence-corrected chi connectivity index (χ2v) is 8.71. The molecule has 1 N–H and O–H groups in total. The van der Waals surface area contributed by atoms with Crippen LogP contribution in [0.4, 0.5) is 0 Å². The van der Waals surface area contributed by atoms with E-state index >= 15 is 0 Å². The Kier molecular flexibility index (Phi) is 4.28. The fourth-order valence-electron chi connectivity index (χ4n) is 2.85. The summed E-state index contributed by atoms with van der Waals surface area (Å²) in [6, 6.07) is 1.84. The molecule has 22 heavy (non-hydrogen) atoms. The lowest BCUT2D eigenvalue weighted by atomic mass is 10.2. The van der Waals surface area contributed by atoms with E-state index in [0.29, 0.717) is 31.9 Å². The minimum atomic E-state index is -3.16. The maximum Gasteiger partial charge on any atom is 0.217 e. The smallest absolute Gasteiger partial charge is 0.217 e. The van der Waals surface area contributed by atoms with Crippen molar-refractivity contribution in [2.24, 2.45) is 0 Å². The summed E-state index contributed by atoms with van der Waals surface area (Å²) in [5, 5.41) is 14.5. The van der Waals surface area contributed by atoms with E-state index in [1.807, 2.05) is 29.7 Å². The first-order chi connectivity index (χ1) is 10.4. The molecule has 1 atom stereocenters. The molecule has 0 unspecified atom stereocenters. The molecule has 0 radical (unpaired) electrons. The van der Waals surface area contributed by atoms with Gasteiger partial charge in [0.2, 0.25) is 10.0 Å². The van der Waals surface area contributed by atoms with E-state index in [-0.39, 0.29) is 5.25 Å². The van der Waals surface area contributed by atoms with Crippen molar-refractivity contribution in [1.82, 2.24) is 19.0 Å². The SMILES string of the molecule is CN(C)C[C@@H](O)c1cc2n(n1)CCCN(S(=O)(=O)C1CC1)C2.